The first-order valence-electron chi connectivity index (χ1n) is 8.34. The maximum atomic E-state index is 12.6. The number of carbonyl (C=O) groups is 3. The first kappa shape index (κ1) is 18.3. The van der Waals surface area contributed by atoms with Crippen molar-refractivity contribution in [3.8, 4) is 0 Å². The summed E-state index contributed by atoms with van der Waals surface area (Å²) in [5, 5.41) is 2.66. The van der Waals surface area contributed by atoms with Gasteiger partial charge in [-0.1, -0.05) is 0 Å². The van der Waals surface area contributed by atoms with Gasteiger partial charge in [0.05, 0.1) is 11.5 Å². The summed E-state index contributed by atoms with van der Waals surface area (Å²) in [5.41, 5.74) is 0.412. The third kappa shape index (κ3) is 4.18. The Morgan fingerprint density at radius 1 is 1.23 bits per heavy atom. The topological polar surface area (TPSA) is 117 Å². The summed E-state index contributed by atoms with van der Waals surface area (Å²) in [7, 11) is -3.09. The summed E-state index contributed by atoms with van der Waals surface area (Å²) in [6, 6.07) is 2.52. The number of sulfone groups is 1. The number of hydrogen-bond acceptors (Lipinski definition) is 6. The molecule has 0 radical (unpaired) electrons. The Kier molecular flexibility index (Phi) is 5.21. The van der Waals surface area contributed by atoms with E-state index in [4.69, 9.17) is 0 Å². The quantitative estimate of drug-likeness (QED) is 0.664. The summed E-state index contributed by atoms with van der Waals surface area (Å²) >= 11 is 0. The average molecular weight is 380 g/mol. The highest BCUT2D eigenvalue weighted by molar-refractivity contribution is 7.91. The number of pyridine rings is 1. The molecule has 140 valence electrons. The van der Waals surface area contributed by atoms with Crippen LogP contribution in [0.5, 0.6) is 0 Å². The number of hydrogen-bond donors (Lipinski definition) is 1. The Morgan fingerprint density at radius 3 is 2.58 bits per heavy atom. The highest BCUT2D eigenvalue weighted by atomic mass is 32.2. The van der Waals surface area contributed by atoms with Crippen LogP contribution in [0.4, 0.5) is 0 Å². The molecule has 2 aliphatic heterocycles. The maximum Gasteiger partial charge on any atom is 0.270 e. The predicted molar refractivity (Wildman–Crippen MR) is 92.3 cm³/mol. The number of carbonyl (C=O) groups excluding carboxylic acids is 3. The molecule has 0 spiro atoms. The molecule has 9 nitrogen and oxygen atoms in total. The van der Waals surface area contributed by atoms with Gasteiger partial charge in [0.25, 0.3) is 11.8 Å². The monoisotopic (exact) mass is 380 g/mol. The summed E-state index contributed by atoms with van der Waals surface area (Å²) in [6.07, 6.45) is 2.53. The van der Waals surface area contributed by atoms with Gasteiger partial charge in [-0.3, -0.25) is 19.4 Å². The van der Waals surface area contributed by atoms with Crippen molar-refractivity contribution in [2.24, 2.45) is 0 Å². The van der Waals surface area contributed by atoms with Crippen LogP contribution in [0.3, 0.4) is 0 Å². The first-order chi connectivity index (χ1) is 12.4. The minimum absolute atomic E-state index is 0.0661. The number of rotatable bonds is 4. The van der Waals surface area contributed by atoms with Gasteiger partial charge in [0, 0.05) is 44.0 Å². The van der Waals surface area contributed by atoms with E-state index in [1.165, 1.54) is 18.3 Å². The van der Waals surface area contributed by atoms with E-state index in [9.17, 15) is 22.8 Å². The normalized spacial score (nSPS) is 22.1. The molecule has 1 aromatic rings. The summed E-state index contributed by atoms with van der Waals surface area (Å²) < 4.78 is 23.0. The lowest BCUT2D eigenvalue weighted by Crippen LogP contribution is -2.48. The Hall–Kier alpha value is -2.49. The minimum Gasteiger partial charge on any atom is -0.347 e. The van der Waals surface area contributed by atoms with Crippen LogP contribution in [-0.4, -0.2) is 85.2 Å². The fourth-order valence-corrected chi connectivity index (χ4v) is 4.74. The smallest absolute Gasteiger partial charge is 0.270 e. The third-order valence-electron chi connectivity index (χ3n) is 4.56. The summed E-state index contributed by atoms with van der Waals surface area (Å²) in [5.74, 6) is -0.724. The van der Waals surface area contributed by atoms with Gasteiger partial charge in [0.15, 0.2) is 9.84 Å². The van der Waals surface area contributed by atoms with Gasteiger partial charge in [0.2, 0.25) is 6.41 Å². The summed E-state index contributed by atoms with van der Waals surface area (Å²) in [6.45, 7) is 1.82. The molecule has 26 heavy (non-hydrogen) atoms. The molecular formula is C16H20N4O5S. The SMILES string of the molecule is O=CN1CCN(C(=O)c2ccnc(C(=O)NC3CCS(=O)(=O)C3)c2)CC1. The fraction of sp³-hybridized carbons (Fsp3) is 0.500. The number of aromatic nitrogens is 1. The van der Waals surface area contributed by atoms with Crippen molar-refractivity contribution in [1.29, 1.82) is 0 Å². The van der Waals surface area contributed by atoms with E-state index < -0.39 is 21.8 Å². The van der Waals surface area contributed by atoms with Crippen molar-refractivity contribution in [2.75, 3.05) is 37.7 Å². The van der Waals surface area contributed by atoms with Gasteiger partial charge in [-0.05, 0) is 18.6 Å². The molecule has 0 bridgehead atoms. The zero-order valence-electron chi connectivity index (χ0n) is 14.1. The van der Waals surface area contributed by atoms with E-state index >= 15 is 0 Å². The van der Waals surface area contributed by atoms with Gasteiger partial charge in [0.1, 0.15) is 5.69 Å². The first-order valence-corrected chi connectivity index (χ1v) is 10.2. The standard InChI is InChI=1S/C16H20N4O5S/c21-11-19-4-6-20(7-5-19)16(23)12-1-3-17-14(9-12)15(22)18-13-2-8-26(24,25)10-13/h1,3,9,11,13H,2,4-8,10H2,(H,18,22). The number of nitrogens with zero attached hydrogens (tertiary/aromatic N) is 3. The summed E-state index contributed by atoms with van der Waals surface area (Å²) in [4.78, 5) is 42.8. The van der Waals surface area contributed by atoms with Crippen molar-refractivity contribution in [3.63, 3.8) is 0 Å². The lowest BCUT2D eigenvalue weighted by molar-refractivity contribution is -0.119. The Labute approximate surface area is 151 Å². The highest BCUT2D eigenvalue weighted by Gasteiger charge is 2.29. The van der Waals surface area contributed by atoms with E-state index in [2.05, 4.69) is 10.3 Å². The van der Waals surface area contributed by atoms with Crippen LogP contribution in [0, 0.1) is 0 Å². The maximum absolute atomic E-state index is 12.6. The molecule has 1 aromatic heterocycles. The molecule has 3 rings (SSSR count). The van der Waals surface area contributed by atoms with Crippen LogP contribution in [0.25, 0.3) is 0 Å². The van der Waals surface area contributed by atoms with Crippen LogP contribution in [-0.2, 0) is 14.6 Å². The zero-order chi connectivity index (χ0) is 18.7. The number of nitrogens with one attached hydrogen (secondary N) is 1. The second kappa shape index (κ2) is 7.40. The molecule has 3 heterocycles. The fourth-order valence-electron chi connectivity index (χ4n) is 3.07. The van der Waals surface area contributed by atoms with Crippen molar-refractivity contribution >= 4 is 28.1 Å². The van der Waals surface area contributed by atoms with Crippen LogP contribution < -0.4 is 5.32 Å². The molecule has 0 aromatic carbocycles. The van der Waals surface area contributed by atoms with Gasteiger partial charge < -0.3 is 15.1 Å². The van der Waals surface area contributed by atoms with E-state index in [1.807, 2.05) is 0 Å². The van der Waals surface area contributed by atoms with Crippen molar-refractivity contribution in [2.45, 2.75) is 12.5 Å². The Balaban J connectivity index is 1.65. The van der Waals surface area contributed by atoms with Crippen molar-refractivity contribution < 1.29 is 22.8 Å². The zero-order valence-corrected chi connectivity index (χ0v) is 14.9. The van der Waals surface area contributed by atoms with Gasteiger partial charge in [-0.2, -0.15) is 0 Å². The second-order valence-corrected chi connectivity index (χ2v) is 8.67. The largest absolute Gasteiger partial charge is 0.347 e. The number of piperazine rings is 1. The van der Waals surface area contributed by atoms with E-state index in [-0.39, 0.29) is 23.1 Å². The molecule has 1 atom stereocenters. The molecular weight excluding hydrogens is 360 g/mol. The molecule has 0 saturated carbocycles. The van der Waals surface area contributed by atoms with E-state index in [1.54, 1.807) is 9.80 Å². The third-order valence-corrected chi connectivity index (χ3v) is 6.33. The average Bonchev–Trinajstić information content (AvgIpc) is 2.99. The molecule has 2 aliphatic rings. The van der Waals surface area contributed by atoms with Crippen LogP contribution in [0.2, 0.25) is 0 Å². The lowest BCUT2D eigenvalue weighted by atomic mass is 10.1. The van der Waals surface area contributed by atoms with Crippen LogP contribution >= 0.6 is 0 Å². The molecule has 0 aliphatic carbocycles. The van der Waals surface area contributed by atoms with Gasteiger partial charge in [-0.25, -0.2) is 8.42 Å². The Morgan fingerprint density at radius 2 is 1.96 bits per heavy atom. The molecule has 1 unspecified atom stereocenters. The van der Waals surface area contributed by atoms with E-state index in [0.717, 1.165) is 6.41 Å². The van der Waals surface area contributed by atoms with Crippen molar-refractivity contribution in [3.05, 3.63) is 29.6 Å². The predicted octanol–water partition coefficient (Wildman–Crippen LogP) is -1.09. The Bertz CT molecular complexity index is 818. The molecule has 3 amide bonds. The molecule has 2 saturated heterocycles. The molecule has 10 heteroatoms. The second-order valence-electron chi connectivity index (χ2n) is 6.44. The van der Waals surface area contributed by atoms with Crippen LogP contribution in [0.1, 0.15) is 27.3 Å². The highest BCUT2D eigenvalue weighted by Crippen LogP contribution is 2.13. The van der Waals surface area contributed by atoms with E-state index in [0.29, 0.717) is 38.2 Å². The lowest BCUT2D eigenvalue weighted by Gasteiger charge is -2.32. The van der Waals surface area contributed by atoms with Crippen LogP contribution in [0.15, 0.2) is 18.3 Å². The van der Waals surface area contributed by atoms with Gasteiger partial charge in [-0.15, -0.1) is 0 Å². The molecule has 2 fully saturated rings. The number of amides is 3. The minimum atomic E-state index is -3.09. The van der Waals surface area contributed by atoms with Gasteiger partial charge >= 0.3 is 0 Å². The molecule has 1 N–H and O–H groups in total. The van der Waals surface area contributed by atoms with Crippen molar-refractivity contribution in [1.82, 2.24) is 20.1 Å².